The van der Waals surface area contributed by atoms with Gasteiger partial charge in [-0.3, -0.25) is 19.6 Å². The average molecular weight is 357 g/mol. The first-order chi connectivity index (χ1) is 12.2. The van der Waals surface area contributed by atoms with Crippen LogP contribution < -0.4 is 10.6 Å². The molecule has 3 N–H and O–H groups in total. The molecule has 0 fully saturated rings. The number of carbonyl (C=O) groups is 2. The lowest BCUT2D eigenvalue weighted by atomic mass is 10.1. The maximum atomic E-state index is 12.3. The van der Waals surface area contributed by atoms with E-state index in [9.17, 15) is 9.59 Å². The van der Waals surface area contributed by atoms with Crippen molar-refractivity contribution in [3.05, 3.63) is 40.2 Å². The van der Waals surface area contributed by atoms with E-state index in [4.69, 9.17) is 0 Å². The molecular formula is C19H27N5O2. The number of amides is 2. The predicted octanol–water partition coefficient (Wildman–Crippen LogP) is 2.46. The summed E-state index contributed by atoms with van der Waals surface area (Å²) in [6.45, 7) is 9.89. The first-order valence-electron chi connectivity index (χ1n) is 8.55. The van der Waals surface area contributed by atoms with E-state index in [1.54, 1.807) is 11.9 Å². The van der Waals surface area contributed by atoms with Crippen LogP contribution in [0.2, 0.25) is 0 Å². The standard InChI is InChI=1S/C19H27N5O2/c1-11-7-12(2)18(13(3)8-11)20-16(25)9-24(6)10-17(26)21-19-14(4)22-23-15(19)5/h7-8H,9-10H2,1-6H3,(H,20,25)(H,21,26)(H,22,23). The zero-order valence-corrected chi connectivity index (χ0v) is 16.3. The second-order valence-electron chi connectivity index (χ2n) is 6.85. The molecule has 2 rings (SSSR count). The van der Waals surface area contributed by atoms with Gasteiger partial charge in [0.2, 0.25) is 11.8 Å². The van der Waals surface area contributed by atoms with Gasteiger partial charge in [0.15, 0.2) is 0 Å². The molecule has 1 heterocycles. The zero-order chi connectivity index (χ0) is 19.4. The molecule has 2 amide bonds. The number of nitrogens with one attached hydrogen (secondary N) is 3. The monoisotopic (exact) mass is 357 g/mol. The number of hydrogen-bond donors (Lipinski definition) is 3. The Balaban J connectivity index is 1.90. The summed E-state index contributed by atoms with van der Waals surface area (Å²) in [7, 11) is 1.74. The molecule has 0 aliphatic rings. The molecule has 0 aliphatic carbocycles. The highest BCUT2D eigenvalue weighted by molar-refractivity contribution is 5.96. The van der Waals surface area contributed by atoms with E-state index in [-0.39, 0.29) is 24.9 Å². The SMILES string of the molecule is Cc1cc(C)c(NC(=O)CN(C)CC(=O)Nc2c(C)n[nH]c2C)c(C)c1. The Hall–Kier alpha value is -2.67. The molecule has 26 heavy (non-hydrogen) atoms. The molecule has 0 atom stereocenters. The largest absolute Gasteiger partial charge is 0.324 e. The van der Waals surface area contributed by atoms with Crippen molar-refractivity contribution in [1.29, 1.82) is 0 Å². The second-order valence-corrected chi connectivity index (χ2v) is 6.85. The Labute approximate surface area is 154 Å². The molecule has 0 saturated carbocycles. The molecule has 1 aromatic carbocycles. The third-order valence-electron chi connectivity index (χ3n) is 4.16. The molecule has 0 saturated heterocycles. The summed E-state index contributed by atoms with van der Waals surface area (Å²) in [5.41, 5.74) is 6.30. The van der Waals surface area contributed by atoms with Gasteiger partial charge in [-0.1, -0.05) is 17.7 Å². The van der Waals surface area contributed by atoms with Crippen LogP contribution in [0, 0.1) is 34.6 Å². The van der Waals surface area contributed by atoms with Crippen LogP contribution in [0.1, 0.15) is 28.1 Å². The molecule has 7 nitrogen and oxygen atoms in total. The number of aromatic amines is 1. The Bertz CT molecular complexity index is 783. The van der Waals surface area contributed by atoms with Gasteiger partial charge < -0.3 is 10.6 Å². The number of hydrogen-bond acceptors (Lipinski definition) is 4. The van der Waals surface area contributed by atoms with Gasteiger partial charge in [-0.25, -0.2) is 0 Å². The molecule has 0 radical (unpaired) electrons. The van der Waals surface area contributed by atoms with Crippen molar-refractivity contribution in [1.82, 2.24) is 15.1 Å². The molecular weight excluding hydrogens is 330 g/mol. The number of aryl methyl sites for hydroxylation is 5. The van der Waals surface area contributed by atoms with Crippen LogP contribution in [0.25, 0.3) is 0 Å². The number of aromatic nitrogens is 2. The molecule has 140 valence electrons. The highest BCUT2D eigenvalue weighted by atomic mass is 16.2. The normalized spacial score (nSPS) is 10.9. The average Bonchev–Trinajstić information content (AvgIpc) is 2.82. The van der Waals surface area contributed by atoms with Crippen LogP contribution in [0.3, 0.4) is 0 Å². The Morgan fingerprint density at radius 1 is 0.962 bits per heavy atom. The van der Waals surface area contributed by atoms with Crippen molar-refractivity contribution in [2.45, 2.75) is 34.6 Å². The highest BCUT2D eigenvalue weighted by Gasteiger charge is 2.15. The van der Waals surface area contributed by atoms with Gasteiger partial charge in [-0.15, -0.1) is 0 Å². The van der Waals surface area contributed by atoms with Gasteiger partial charge in [0.05, 0.1) is 30.2 Å². The number of nitrogens with zero attached hydrogens (tertiary/aromatic N) is 2. The first-order valence-corrected chi connectivity index (χ1v) is 8.55. The minimum Gasteiger partial charge on any atom is -0.324 e. The molecule has 0 unspecified atom stereocenters. The van der Waals surface area contributed by atoms with Crippen molar-refractivity contribution in [3.63, 3.8) is 0 Å². The Morgan fingerprint density at radius 2 is 1.46 bits per heavy atom. The predicted molar refractivity (Wildman–Crippen MR) is 103 cm³/mol. The molecule has 7 heteroatoms. The number of benzene rings is 1. The number of rotatable bonds is 6. The third kappa shape index (κ3) is 4.92. The van der Waals surface area contributed by atoms with Gasteiger partial charge in [0.25, 0.3) is 0 Å². The summed E-state index contributed by atoms with van der Waals surface area (Å²) in [5, 5.41) is 12.7. The summed E-state index contributed by atoms with van der Waals surface area (Å²) in [6, 6.07) is 4.07. The minimum atomic E-state index is -0.185. The van der Waals surface area contributed by atoms with Crippen molar-refractivity contribution in [2.24, 2.45) is 0 Å². The van der Waals surface area contributed by atoms with Gasteiger partial charge in [0.1, 0.15) is 0 Å². The Morgan fingerprint density at radius 3 is 1.92 bits per heavy atom. The number of H-pyrrole nitrogens is 1. The smallest absolute Gasteiger partial charge is 0.238 e. The van der Waals surface area contributed by atoms with Crippen LogP contribution in [0.4, 0.5) is 11.4 Å². The second kappa shape index (κ2) is 8.14. The number of anilines is 2. The topological polar surface area (TPSA) is 90.1 Å². The molecule has 0 spiro atoms. The third-order valence-corrected chi connectivity index (χ3v) is 4.16. The molecule has 2 aromatic rings. The summed E-state index contributed by atoms with van der Waals surface area (Å²) < 4.78 is 0. The van der Waals surface area contributed by atoms with E-state index in [2.05, 4.69) is 20.8 Å². The molecule has 0 bridgehead atoms. The van der Waals surface area contributed by atoms with E-state index < -0.39 is 0 Å². The number of carbonyl (C=O) groups excluding carboxylic acids is 2. The van der Waals surface area contributed by atoms with Crippen LogP contribution >= 0.6 is 0 Å². The maximum Gasteiger partial charge on any atom is 0.238 e. The van der Waals surface area contributed by atoms with Crippen LogP contribution in [0.15, 0.2) is 12.1 Å². The molecule has 1 aromatic heterocycles. The lowest BCUT2D eigenvalue weighted by molar-refractivity contribution is -0.119. The van der Waals surface area contributed by atoms with Gasteiger partial charge in [0, 0.05) is 5.69 Å². The van der Waals surface area contributed by atoms with Crippen LogP contribution in [0.5, 0.6) is 0 Å². The van der Waals surface area contributed by atoms with Crippen LogP contribution in [-0.2, 0) is 9.59 Å². The maximum absolute atomic E-state index is 12.3. The van der Waals surface area contributed by atoms with Gasteiger partial charge in [-0.2, -0.15) is 5.10 Å². The fraction of sp³-hybridized carbons (Fsp3) is 0.421. The molecule has 0 aliphatic heterocycles. The summed E-state index contributed by atoms with van der Waals surface area (Å²) >= 11 is 0. The van der Waals surface area contributed by atoms with Crippen molar-refractivity contribution in [3.8, 4) is 0 Å². The van der Waals surface area contributed by atoms with Crippen molar-refractivity contribution >= 4 is 23.2 Å². The summed E-state index contributed by atoms with van der Waals surface area (Å²) in [5.74, 6) is -0.332. The van der Waals surface area contributed by atoms with E-state index in [0.29, 0.717) is 5.69 Å². The minimum absolute atomic E-state index is 0.114. The highest BCUT2D eigenvalue weighted by Crippen LogP contribution is 2.21. The summed E-state index contributed by atoms with van der Waals surface area (Å²) in [6.07, 6.45) is 0. The van der Waals surface area contributed by atoms with Gasteiger partial charge in [-0.05, 0) is 52.8 Å². The van der Waals surface area contributed by atoms with Crippen molar-refractivity contribution < 1.29 is 9.59 Å². The van der Waals surface area contributed by atoms with Crippen LogP contribution in [-0.4, -0.2) is 47.0 Å². The van der Waals surface area contributed by atoms with E-state index in [1.165, 1.54) is 0 Å². The number of likely N-dealkylation sites (N-methyl/N-ethyl adjacent to an activating group) is 1. The quantitative estimate of drug-likeness (QED) is 0.741. The fourth-order valence-corrected chi connectivity index (χ4v) is 3.02. The van der Waals surface area contributed by atoms with E-state index >= 15 is 0 Å². The lowest BCUT2D eigenvalue weighted by Crippen LogP contribution is -2.36. The first kappa shape index (κ1) is 19.7. The van der Waals surface area contributed by atoms with E-state index in [1.807, 2.05) is 46.8 Å². The fourth-order valence-electron chi connectivity index (χ4n) is 3.02. The lowest BCUT2D eigenvalue weighted by Gasteiger charge is -2.18. The summed E-state index contributed by atoms with van der Waals surface area (Å²) in [4.78, 5) is 26.2. The zero-order valence-electron chi connectivity index (χ0n) is 16.3. The van der Waals surface area contributed by atoms with E-state index in [0.717, 1.165) is 33.8 Å². The van der Waals surface area contributed by atoms with Gasteiger partial charge >= 0.3 is 0 Å². The van der Waals surface area contributed by atoms with Crippen molar-refractivity contribution in [2.75, 3.05) is 30.8 Å². The Kier molecular flexibility index (Phi) is 6.15.